The van der Waals surface area contributed by atoms with Crippen LogP contribution in [0.1, 0.15) is 61.3 Å². The molecule has 3 aliphatic carbocycles. The van der Waals surface area contributed by atoms with Gasteiger partial charge in [-0.25, -0.2) is 10.4 Å². The summed E-state index contributed by atoms with van der Waals surface area (Å²) in [5.41, 5.74) is 8.38. The number of carbonyl (C=O) groups is 1. The molecule has 2 N–H and O–H groups in total. The molecule has 4 atom stereocenters. The highest BCUT2D eigenvalue weighted by molar-refractivity contribution is 5.85. The Morgan fingerprint density at radius 1 is 0.929 bits per heavy atom. The molecular weight excluding hydrogens is 348 g/mol. The molecular formula is C24H28N2O2. The predicted octanol–water partition coefficient (Wildman–Crippen LogP) is 3.61. The molecule has 0 aromatic heterocycles. The van der Waals surface area contributed by atoms with Gasteiger partial charge in [-0.2, -0.15) is 0 Å². The van der Waals surface area contributed by atoms with E-state index < -0.39 is 6.23 Å². The minimum absolute atomic E-state index is 0.0248. The first-order chi connectivity index (χ1) is 13.5. The lowest BCUT2D eigenvalue weighted by Crippen LogP contribution is -2.50. The Balaban J connectivity index is 1.58. The predicted molar refractivity (Wildman–Crippen MR) is 108 cm³/mol. The summed E-state index contributed by atoms with van der Waals surface area (Å²) in [6, 6.07) is 17.1. The maximum absolute atomic E-state index is 13.5. The molecule has 1 amide bonds. The molecule has 1 fully saturated rings. The molecule has 0 radical (unpaired) electrons. The monoisotopic (exact) mass is 376 g/mol. The van der Waals surface area contributed by atoms with Crippen molar-refractivity contribution in [3.8, 4) is 0 Å². The Morgan fingerprint density at radius 2 is 1.43 bits per heavy atom. The van der Waals surface area contributed by atoms with Gasteiger partial charge in [0.05, 0.1) is 5.92 Å². The molecule has 2 bridgehead atoms. The molecule has 3 unspecified atom stereocenters. The third-order valence-corrected chi connectivity index (χ3v) is 6.81. The minimum Gasteiger partial charge on any atom is -0.372 e. The lowest BCUT2D eigenvalue weighted by atomic mass is 9.55. The van der Waals surface area contributed by atoms with Crippen molar-refractivity contribution in [2.75, 3.05) is 0 Å². The third-order valence-electron chi connectivity index (χ3n) is 6.81. The number of hydrogen-bond acceptors (Lipinski definition) is 3. The maximum atomic E-state index is 13.5. The molecule has 146 valence electrons. The van der Waals surface area contributed by atoms with E-state index in [0.717, 1.165) is 6.42 Å². The number of hydrogen-bond donors (Lipinski definition) is 2. The van der Waals surface area contributed by atoms with Gasteiger partial charge >= 0.3 is 0 Å². The van der Waals surface area contributed by atoms with Gasteiger partial charge in [-0.15, -0.1) is 0 Å². The highest BCUT2D eigenvalue weighted by Gasteiger charge is 2.61. The number of amides is 1. The van der Waals surface area contributed by atoms with Crippen LogP contribution in [0.25, 0.3) is 0 Å². The van der Waals surface area contributed by atoms with Gasteiger partial charge in [0.1, 0.15) is 6.23 Å². The summed E-state index contributed by atoms with van der Waals surface area (Å²) < 4.78 is 0. The Morgan fingerprint density at radius 3 is 1.93 bits per heavy atom. The smallest absolute Gasteiger partial charge is 0.243 e. The van der Waals surface area contributed by atoms with Crippen molar-refractivity contribution in [1.29, 1.82) is 0 Å². The zero-order valence-electron chi connectivity index (χ0n) is 16.7. The van der Waals surface area contributed by atoms with Gasteiger partial charge in [0, 0.05) is 23.8 Å². The van der Waals surface area contributed by atoms with Crippen LogP contribution in [-0.4, -0.2) is 28.3 Å². The van der Waals surface area contributed by atoms with Crippen molar-refractivity contribution < 1.29 is 9.90 Å². The van der Waals surface area contributed by atoms with Crippen molar-refractivity contribution in [3.63, 3.8) is 0 Å². The van der Waals surface area contributed by atoms with E-state index in [0.29, 0.717) is 5.92 Å². The summed E-state index contributed by atoms with van der Waals surface area (Å²) in [7, 11) is 0. The van der Waals surface area contributed by atoms with Crippen LogP contribution in [0.3, 0.4) is 0 Å². The van der Waals surface area contributed by atoms with Crippen LogP contribution in [0.2, 0.25) is 0 Å². The second-order valence-corrected chi connectivity index (χ2v) is 9.10. The molecule has 1 aliphatic heterocycles. The number of rotatable bonds is 4. The first kappa shape index (κ1) is 17.9. The first-order valence-electron chi connectivity index (χ1n) is 10.4. The van der Waals surface area contributed by atoms with Crippen molar-refractivity contribution in [2.45, 2.75) is 51.3 Å². The highest BCUT2D eigenvalue weighted by atomic mass is 16.3. The molecule has 0 saturated carbocycles. The van der Waals surface area contributed by atoms with E-state index >= 15 is 0 Å². The van der Waals surface area contributed by atoms with Crippen molar-refractivity contribution in [1.82, 2.24) is 10.4 Å². The Labute approximate surface area is 166 Å². The average molecular weight is 377 g/mol. The second-order valence-electron chi connectivity index (χ2n) is 9.10. The Bertz CT molecular complexity index is 877. The first-order valence-corrected chi connectivity index (χ1v) is 10.4. The van der Waals surface area contributed by atoms with Crippen molar-refractivity contribution in [3.05, 3.63) is 70.8 Å². The quantitative estimate of drug-likeness (QED) is 0.857. The van der Waals surface area contributed by atoms with E-state index in [1.54, 1.807) is 5.01 Å². The van der Waals surface area contributed by atoms with Crippen LogP contribution in [0.15, 0.2) is 48.5 Å². The van der Waals surface area contributed by atoms with Gasteiger partial charge in [-0.1, -0.05) is 62.4 Å². The van der Waals surface area contributed by atoms with Crippen LogP contribution >= 0.6 is 0 Å². The Hall–Kier alpha value is -2.17. The molecule has 2 aromatic rings. The highest BCUT2D eigenvalue weighted by Crippen LogP contribution is 2.61. The van der Waals surface area contributed by atoms with E-state index in [1.165, 1.54) is 22.3 Å². The zero-order valence-corrected chi connectivity index (χ0v) is 16.7. The molecule has 1 heterocycles. The number of aliphatic hydroxyl groups is 1. The maximum Gasteiger partial charge on any atom is 0.243 e. The number of hydrazine groups is 1. The molecule has 1 saturated heterocycles. The van der Waals surface area contributed by atoms with E-state index in [-0.39, 0.29) is 35.6 Å². The van der Waals surface area contributed by atoms with Crippen LogP contribution < -0.4 is 5.43 Å². The topological polar surface area (TPSA) is 52.6 Å². The molecule has 4 aliphatic rings. The van der Waals surface area contributed by atoms with Crippen molar-refractivity contribution >= 4 is 5.91 Å². The summed E-state index contributed by atoms with van der Waals surface area (Å²) >= 11 is 0. The van der Waals surface area contributed by atoms with Gasteiger partial charge in [0.25, 0.3) is 0 Å². The fraction of sp³-hybridized carbons (Fsp3) is 0.458. The van der Waals surface area contributed by atoms with Gasteiger partial charge < -0.3 is 5.11 Å². The van der Waals surface area contributed by atoms with E-state index in [4.69, 9.17) is 0 Å². The Kier molecular flexibility index (Phi) is 4.11. The summed E-state index contributed by atoms with van der Waals surface area (Å²) in [6.45, 7) is 6.43. The number of nitrogens with one attached hydrogen (secondary N) is 1. The second kappa shape index (κ2) is 6.43. The van der Waals surface area contributed by atoms with Crippen molar-refractivity contribution in [2.24, 2.45) is 17.8 Å². The average Bonchev–Trinajstić information content (AvgIpc) is 2.93. The number of carbonyl (C=O) groups excluding carboxylic acids is 1. The normalized spacial score (nSPS) is 31.0. The fourth-order valence-electron chi connectivity index (χ4n) is 5.99. The number of nitrogens with zero attached hydrogens (tertiary/aromatic N) is 1. The van der Waals surface area contributed by atoms with Gasteiger partial charge in [0.2, 0.25) is 5.91 Å². The van der Waals surface area contributed by atoms with Crippen LogP contribution in [-0.2, 0) is 4.79 Å². The van der Waals surface area contributed by atoms with Crippen LogP contribution in [0, 0.1) is 17.8 Å². The molecule has 4 heteroatoms. The lowest BCUT2D eigenvalue weighted by Gasteiger charge is -2.47. The summed E-state index contributed by atoms with van der Waals surface area (Å²) in [5, 5.41) is 12.8. The molecule has 2 aromatic carbocycles. The molecule has 6 rings (SSSR count). The summed E-state index contributed by atoms with van der Waals surface area (Å²) in [4.78, 5) is 13.5. The number of aliphatic hydroxyl groups excluding tert-OH is 1. The number of benzene rings is 2. The van der Waals surface area contributed by atoms with Gasteiger partial charge in [-0.3, -0.25) is 4.79 Å². The standard InChI is InChI=1S/C24H28N2O2/c1-13(2)12-14(3)25-26-23(27)21-19-15-8-4-5-9-16(15)20(22(21)24(26)28)18-11-7-6-10-17(18)19/h4-11,13-14,19-23,25,27H,12H2,1-3H3/t14?,19?,20?,21?,22?,23-/m0/s1. The van der Waals surface area contributed by atoms with E-state index in [9.17, 15) is 9.90 Å². The zero-order chi connectivity index (χ0) is 19.6. The third kappa shape index (κ3) is 2.41. The van der Waals surface area contributed by atoms with Gasteiger partial charge in [0.15, 0.2) is 0 Å². The molecule has 0 spiro atoms. The SMILES string of the molecule is CC(C)CC(C)NN1C(=O)C2C3c4ccccc4C(c4ccccc43)C2[C@@H]1O. The largest absolute Gasteiger partial charge is 0.372 e. The minimum atomic E-state index is -0.804. The molecule has 28 heavy (non-hydrogen) atoms. The lowest BCUT2D eigenvalue weighted by molar-refractivity contribution is -0.141. The summed E-state index contributed by atoms with van der Waals surface area (Å²) in [5.74, 6) is 0.339. The van der Waals surface area contributed by atoms with E-state index in [1.807, 2.05) is 0 Å². The fourth-order valence-corrected chi connectivity index (χ4v) is 5.99. The van der Waals surface area contributed by atoms with E-state index in [2.05, 4.69) is 74.7 Å². The summed E-state index contributed by atoms with van der Waals surface area (Å²) in [6.07, 6.45) is 0.153. The van der Waals surface area contributed by atoms with Crippen LogP contribution in [0.4, 0.5) is 0 Å². The molecule has 4 nitrogen and oxygen atoms in total. The van der Waals surface area contributed by atoms with Gasteiger partial charge in [-0.05, 0) is 41.5 Å². The van der Waals surface area contributed by atoms with Crippen LogP contribution in [0.5, 0.6) is 0 Å².